The van der Waals surface area contributed by atoms with Gasteiger partial charge in [-0.15, -0.1) is 0 Å². The number of aryl methyl sites for hydroxylation is 1. The van der Waals surface area contributed by atoms with Crippen molar-refractivity contribution in [3.05, 3.63) is 29.8 Å². The first-order chi connectivity index (χ1) is 10.6. The summed E-state index contributed by atoms with van der Waals surface area (Å²) >= 11 is 0. The van der Waals surface area contributed by atoms with Gasteiger partial charge in [-0.05, 0) is 24.5 Å². The summed E-state index contributed by atoms with van der Waals surface area (Å²) in [6, 6.07) is 7.07. The molecular weight excluding hydrogens is 317 g/mol. The summed E-state index contributed by atoms with van der Waals surface area (Å²) in [5.41, 5.74) is 0.851. The van der Waals surface area contributed by atoms with E-state index in [1.165, 1.54) is 51.4 Å². The van der Waals surface area contributed by atoms with Crippen molar-refractivity contribution in [1.82, 2.24) is 0 Å². The van der Waals surface area contributed by atoms with E-state index < -0.39 is 10.0 Å². The predicted molar refractivity (Wildman–Crippen MR) is 101 cm³/mol. The number of unbranched alkanes of at least 4 members (excludes halogenated alkanes) is 9. The van der Waals surface area contributed by atoms with E-state index in [1.54, 1.807) is 12.1 Å². The molecular formula is C18H32NNaO2S. The standard InChI is InChI=1S/C18H31NO2S.Na.H/c1-2-3-4-5-6-7-8-9-10-11-14-17-15-12-13-16-18(17)22(19,20)21;;/h12-13,15-16H,2-11,14H2,1H3,(H2,19,20,21);;. The first-order valence-corrected chi connectivity index (χ1v) is 10.2. The van der Waals surface area contributed by atoms with Crippen LogP contribution in [0.3, 0.4) is 0 Å². The molecule has 0 atom stereocenters. The van der Waals surface area contributed by atoms with Gasteiger partial charge in [-0.2, -0.15) is 0 Å². The molecule has 0 aliphatic rings. The Balaban J connectivity index is 0.00000484. The number of benzene rings is 1. The van der Waals surface area contributed by atoms with E-state index in [2.05, 4.69) is 6.92 Å². The Kier molecular flexibility index (Phi) is 13.5. The molecule has 23 heavy (non-hydrogen) atoms. The van der Waals surface area contributed by atoms with Gasteiger partial charge in [0.25, 0.3) is 0 Å². The Morgan fingerprint density at radius 3 is 1.83 bits per heavy atom. The van der Waals surface area contributed by atoms with Gasteiger partial charge >= 0.3 is 29.6 Å². The normalized spacial score (nSPS) is 11.2. The molecule has 1 aromatic rings. The molecule has 128 valence electrons. The van der Waals surface area contributed by atoms with Crippen molar-refractivity contribution >= 4 is 39.6 Å². The van der Waals surface area contributed by atoms with Gasteiger partial charge in [0.1, 0.15) is 0 Å². The van der Waals surface area contributed by atoms with Gasteiger partial charge in [0.2, 0.25) is 10.0 Å². The Hall–Kier alpha value is 0.130. The second kappa shape index (κ2) is 13.4. The van der Waals surface area contributed by atoms with Crippen LogP contribution in [0.15, 0.2) is 29.2 Å². The Morgan fingerprint density at radius 2 is 1.30 bits per heavy atom. The van der Waals surface area contributed by atoms with Gasteiger partial charge in [0.05, 0.1) is 4.90 Å². The fourth-order valence-electron chi connectivity index (χ4n) is 2.79. The zero-order valence-electron chi connectivity index (χ0n) is 13.9. The summed E-state index contributed by atoms with van der Waals surface area (Å²) in [7, 11) is -3.60. The van der Waals surface area contributed by atoms with Crippen LogP contribution in [0, 0.1) is 0 Å². The van der Waals surface area contributed by atoms with E-state index in [-0.39, 0.29) is 34.5 Å². The fourth-order valence-corrected chi connectivity index (χ4v) is 3.59. The molecule has 0 fully saturated rings. The molecule has 0 aromatic heterocycles. The van der Waals surface area contributed by atoms with Gasteiger partial charge in [-0.25, -0.2) is 13.6 Å². The molecule has 0 spiro atoms. The molecule has 0 unspecified atom stereocenters. The number of rotatable bonds is 12. The Labute approximate surface area is 164 Å². The molecule has 0 saturated carbocycles. The zero-order valence-corrected chi connectivity index (χ0v) is 14.7. The van der Waals surface area contributed by atoms with Crippen LogP contribution >= 0.6 is 0 Å². The maximum absolute atomic E-state index is 11.5. The minimum absolute atomic E-state index is 0. The van der Waals surface area contributed by atoms with Crippen molar-refractivity contribution in [3.63, 3.8) is 0 Å². The summed E-state index contributed by atoms with van der Waals surface area (Å²) in [5.74, 6) is 0. The molecule has 0 saturated heterocycles. The second-order valence-corrected chi connectivity index (χ2v) is 7.61. The molecule has 0 aliphatic heterocycles. The van der Waals surface area contributed by atoms with Crippen LogP contribution < -0.4 is 5.14 Å². The van der Waals surface area contributed by atoms with Crippen molar-refractivity contribution in [1.29, 1.82) is 0 Å². The molecule has 0 aliphatic carbocycles. The molecule has 0 radical (unpaired) electrons. The molecule has 2 N–H and O–H groups in total. The predicted octanol–water partition coefficient (Wildman–Crippen LogP) is 4.15. The summed E-state index contributed by atoms with van der Waals surface area (Å²) < 4.78 is 23.0. The van der Waals surface area contributed by atoms with Gasteiger partial charge < -0.3 is 0 Å². The molecule has 3 nitrogen and oxygen atoms in total. The summed E-state index contributed by atoms with van der Waals surface area (Å²) in [5, 5.41) is 5.25. The molecule has 0 heterocycles. The summed E-state index contributed by atoms with van der Waals surface area (Å²) in [6.07, 6.45) is 13.6. The third-order valence-corrected chi connectivity index (χ3v) is 5.09. The number of nitrogens with two attached hydrogens (primary N) is 1. The van der Waals surface area contributed by atoms with Crippen LogP contribution in [0.5, 0.6) is 0 Å². The van der Waals surface area contributed by atoms with Crippen LogP contribution in [-0.2, 0) is 16.4 Å². The molecule has 1 aromatic carbocycles. The minimum atomic E-state index is -3.60. The summed E-state index contributed by atoms with van der Waals surface area (Å²) in [6.45, 7) is 2.24. The summed E-state index contributed by atoms with van der Waals surface area (Å²) in [4.78, 5) is 0.283. The first-order valence-electron chi connectivity index (χ1n) is 8.66. The van der Waals surface area contributed by atoms with Crippen molar-refractivity contribution < 1.29 is 8.42 Å². The topological polar surface area (TPSA) is 60.2 Å². The van der Waals surface area contributed by atoms with Crippen LogP contribution in [0.4, 0.5) is 0 Å². The van der Waals surface area contributed by atoms with E-state index >= 15 is 0 Å². The van der Waals surface area contributed by atoms with E-state index in [0.29, 0.717) is 0 Å². The number of hydrogen-bond acceptors (Lipinski definition) is 2. The van der Waals surface area contributed by atoms with Crippen molar-refractivity contribution in [2.45, 2.75) is 82.4 Å². The van der Waals surface area contributed by atoms with Crippen molar-refractivity contribution in [2.24, 2.45) is 5.14 Å². The number of hydrogen-bond donors (Lipinski definition) is 1. The van der Waals surface area contributed by atoms with E-state index in [0.717, 1.165) is 24.8 Å². The van der Waals surface area contributed by atoms with E-state index in [4.69, 9.17) is 5.14 Å². The van der Waals surface area contributed by atoms with Gasteiger partial charge in [0.15, 0.2) is 0 Å². The van der Waals surface area contributed by atoms with Crippen LogP contribution in [0.2, 0.25) is 0 Å². The second-order valence-electron chi connectivity index (χ2n) is 6.08. The van der Waals surface area contributed by atoms with E-state index in [9.17, 15) is 8.42 Å². The van der Waals surface area contributed by atoms with Crippen LogP contribution in [0.25, 0.3) is 0 Å². The van der Waals surface area contributed by atoms with Gasteiger partial charge in [0, 0.05) is 0 Å². The van der Waals surface area contributed by atoms with Crippen LogP contribution in [0.1, 0.15) is 76.7 Å². The molecule has 5 heteroatoms. The van der Waals surface area contributed by atoms with E-state index in [1.807, 2.05) is 12.1 Å². The quantitative estimate of drug-likeness (QED) is 0.455. The average molecular weight is 350 g/mol. The number of primary sulfonamides is 1. The average Bonchev–Trinajstić information content (AvgIpc) is 2.48. The monoisotopic (exact) mass is 349 g/mol. The fraction of sp³-hybridized carbons (Fsp3) is 0.667. The number of sulfonamides is 1. The Morgan fingerprint density at radius 1 is 0.826 bits per heavy atom. The third-order valence-electron chi connectivity index (χ3n) is 4.08. The maximum atomic E-state index is 11.5. The Bertz CT molecular complexity index is 518. The molecule has 1 rings (SSSR count). The zero-order chi connectivity index (χ0) is 16.3. The molecule has 0 bridgehead atoms. The SMILES string of the molecule is CCCCCCCCCCCCc1ccccc1S(N)(=O)=O.[NaH]. The first kappa shape index (κ1) is 23.1. The molecule has 0 amide bonds. The van der Waals surface area contributed by atoms with Crippen molar-refractivity contribution in [3.8, 4) is 0 Å². The van der Waals surface area contributed by atoms with Crippen LogP contribution in [-0.4, -0.2) is 38.0 Å². The van der Waals surface area contributed by atoms with Gasteiger partial charge in [-0.3, -0.25) is 0 Å². The van der Waals surface area contributed by atoms with Gasteiger partial charge in [-0.1, -0.05) is 82.9 Å². The third kappa shape index (κ3) is 10.6. The van der Waals surface area contributed by atoms with Crippen molar-refractivity contribution in [2.75, 3.05) is 0 Å².